The van der Waals surface area contributed by atoms with Crippen LogP contribution < -0.4 is 5.32 Å². The molecule has 2 aliphatic heterocycles. The molecule has 2 heterocycles. The average Bonchev–Trinajstić information content (AvgIpc) is 2.44. The largest absolute Gasteiger partial charge is 0.314 e. The molecule has 0 radical (unpaired) electrons. The Morgan fingerprint density at radius 2 is 2.05 bits per heavy atom. The van der Waals surface area contributed by atoms with Gasteiger partial charge in [-0.3, -0.25) is 19.9 Å². The van der Waals surface area contributed by atoms with E-state index in [1.807, 2.05) is 6.07 Å². The van der Waals surface area contributed by atoms with Crippen LogP contribution in [0.15, 0.2) is 18.2 Å². The summed E-state index contributed by atoms with van der Waals surface area (Å²) in [6.45, 7) is 7.20. The summed E-state index contributed by atoms with van der Waals surface area (Å²) in [6.07, 6.45) is 0. The summed E-state index contributed by atoms with van der Waals surface area (Å²) in [7, 11) is 0. The Bertz CT molecular complexity index is 528. The summed E-state index contributed by atoms with van der Waals surface area (Å²) in [5.74, 6) is 0. The van der Waals surface area contributed by atoms with Crippen LogP contribution in [0.1, 0.15) is 5.56 Å². The van der Waals surface area contributed by atoms with Gasteiger partial charge in [-0.2, -0.15) is 0 Å². The van der Waals surface area contributed by atoms with Crippen LogP contribution in [0.4, 0.5) is 5.69 Å². The van der Waals surface area contributed by atoms with Crippen molar-refractivity contribution in [1.82, 2.24) is 15.1 Å². The molecule has 1 aromatic rings. The number of nitro benzene ring substituents is 1. The van der Waals surface area contributed by atoms with E-state index in [1.54, 1.807) is 12.1 Å². The molecule has 2 saturated heterocycles. The fraction of sp³-hybridized carbons (Fsp3) is 0.571. The Hall–Kier alpha value is -1.21. The Balaban J connectivity index is 1.54. The highest BCUT2D eigenvalue weighted by atomic mass is 35.5. The van der Waals surface area contributed by atoms with Crippen molar-refractivity contribution in [2.75, 3.05) is 39.3 Å². The lowest BCUT2D eigenvalue weighted by molar-refractivity contribution is -0.384. The highest BCUT2D eigenvalue weighted by Crippen LogP contribution is 2.27. The van der Waals surface area contributed by atoms with Gasteiger partial charge >= 0.3 is 0 Å². The minimum atomic E-state index is -0.425. The van der Waals surface area contributed by atoms with Gasteiger partial charge in [-0.05, 0) is 11.6 Å². The first kappa shape index (κ1) is 14.7. The highest BCUT2D eigenvalue weighted by molar-refractivity contribution is 6.32. The molecule has 1 N–H and O–H groups in total. The maximum absolute atomic E-state index is 10.9. The van der Waals surface area contributed by atoms with E-state index < -0.39 is 4.92 Å². The molecule has 2 fully saturated rings. The van der Waals surface area contributed by atoms with E-state index in [-0.39, 0.29) is 10.7 Å². The van der Waals surface area contributed by atoms with Gasteiger partial charge in [0.05, 0.1) is 4.92 Å². The van der Waals surface area contributed by atoms with Crippen LogP contribution in [0.5, 0.6) is 0 Å². The van der Waals surface area contributed by atoms with Gasteiger partial charge in [-0.1, -0.05) is 17.7 Å². The fourth-order valence-electron chi connectivity index (χ4n) is 3.00. The second-order valence-corrected chi connectivity index (χ2v) is 6.08. The summed E-state index contributed by atoms with van der Waals surface area (Å²) in [4.78, 5) is 15.3. The Kier molecular flexibility index (Phi) is 4.40. The van der Waals surface area contributed by atoms with Crippen LogP contribution in [0, 0.1) is 10.1 Å². The predicted octanol–water partition coefficient (Wildman–Crippen LogP) is 1.34. The van der Waals surface area contributed by atoms with E-state index in [9.17, 15) is 10.1 Å². The van der Waals surface area contributed by atoms with Crippen molar-refractivity contribution in [3.8, 4) is 0 Å². The summed E-state index contributed by atoms with van der Waals surface area (Å²) in [6, 6.07) is 5.70. The van der Waals surface area contributed by atoms with Gasteiger partial charge in [0.25, 0.3) is 5.69 Å². The zero-order valence-corrected chi connectivity index (χ0v) is 12.6. The molecular formula is C14H19ClN4O2. The molecule has 7 heteroatoms. The minimum absolute atomic E-state index is 0.00616. The zero-order chi connectivity index (χ0) is 14.8. The number of nitrogens with one attached hydrogen (secondary N) is 1. The van der Waals surface area contributed by atoms with Crippen molar-refractivity contribution in [1.29, 1.82) is 0 Å². The molecule has 114 valence electrons. The van der Waals surface area contributed by atoms with E-state index in [1.165, 1.54) is 0 Å². The first-order chi connectivity index (χ1) is 10.1. The van der Waals surface area contributed by atoms with Crippen LogP contribution in [-0.2, 0) is 6.54 Å². The third-order valence-corrected chi connectivity index (χ3v) is 4.54. The minimum Gasteiger partial charge on any atom is -0.314 e. The topological polar surface area (TPSA) is 61.7 Å². The molecule has 0 saturated carbocycles. The molecule has 2 aliphatic rings. The molecule has 0 aromatic heterocycles. The molecule has 1 aromatic carbocycles. The monoisotopic (exact) mass is 310 g/mol. The van der Waals surface area contributed by atoms with E-state index >= 15 is 0 Å². The normalized spacial score (nSPS) is 21.2. The molecule has 0 spiro atoms. The number of piperazine rings is 1. The van der Waals surface area contributed by atoms with Crippen molar-refractivity contribution in [2.45, 2.75) is 12.6 Å². The van der Waals surface area contributed by atoms with Crippen LogP contribution >= 0.6 is 11.6 Å². The lowest BCUT2D eigenvalue weighted by Gasteiger charge is -2.46. The molecule has 0 unspecified atom stereocenters. The van der Waals surface area contributed by atoms with Gasteiger partial charge in [0.2, 0.25) is 0 Å². The van der Waals surface area contributed by atoms with Gasteiger partial charge in [0.1, 0.15) is 5.02 Å². The van der Waals surface area contributed by atoms with Crippen LogP contribution in [0.2, 0.25) is 5.02 Å². The number of rotatable bonds is 4. The molecule has 0 atom stereocenters. The molecule has 3 rings (SSSR count). The summed E-state index contributed by atoms with van der Waals surface area (Å²) >= 11 is 5.83. The number of halogens is 1. The number of benzene rings is 1. The SMILES string of the molecule is O=[N+]([O-])c1cc(CN2CC(N3CCNCC3)C2)ccc1Cl. The highest BCUT2D eigenvalue weighted by Gasteiger charge is 2.32. The van der Waals surface area contributed by atoms with Crippen LogP contribution in [0.25, 0.3) is 0 Å². The number of hydrogen-bond donors (Lipinski definition) is 1. The molecule has 6 nitrogen and oxygen atoms in total. The number of likely N-dealkylation sites (tertiary alicyclic amines) is 1. The summed E-state index contributed by atoms with van der Waals surface area (Å²) in [5.41, 5.74) is 0.943. The smallest absolute Gasteiger partial charge is 0.288 e. The number of hydrogen-bond acceptors (Lipinski definition) is 5. The van der Waals surface area contributed by atoms with E-state index in [0.717, 1.165) is 51.4 Å². The van der Waals surface area contributed by atoms with Gasteiger partial charge in [-0.15, -0.1) is 0 Å². The first-order valence-corrected chi connectivity index (χ1v) is 7.61. The van der Waals surface area contributed by atoms with Crippen LogP contribution in [0.3, 0.4) is 0 Å². The lowest BCUT2D eigenvalue weighted by Crippen LogP contribution is -2.62. The number of nitro groups is 1. The quantitative estimate of drug-likeness (QED) is 0.672. The van der Waals surface area contributed by atoms with Crippen molar-refractivity contribution in [3.63, 3.8) is 0 Å². The third kappa shape index (κ3) is 3.35. The van der Waals surface area contributed by atoms with Gasteiger partial charge < -0.3 is 5.32 Å². The van der Waals surface area contributed by atoms with Crippen molar-refractivity contribution in [2.24, 2.45) is 0 Å². The molecule has 0 aliphatic carbocycles. The summed E-state index contributed by atoms with van der Waals surface area (Å²) < 4.78 is 0. The lowest BCUT2D eigenvalue weighted by atomic mass is 10.0. The maximum Gasteiger partial charge on any atom is 0.288 e. The van der Waals surface area contributed by atoms with Crippen molar-refractivity contribution in [3.05, 3.63) is 38.9 Å². The third-order valence-electron chi connectivity index (χ3n) is 4.22. The second kappa shape index (κ2) is 6.27. The number of nitrogens with zero attached hydrogens (tertiary/aromatic N) is 3. The van der Waals surface area contributed by atoms with Crippen molar-refractivity contribution >= 4 is 17.3 Å². The fourth-order valence-corrected chi connectivity index (χ4v) is 3.19. The first-order valence-electron chi connectivity index (χ1n) is 7.23. The van der Waals surface area contributed by atoms with Gasteiger partial charge in [-0.25, -0.2) is 0 Å². The molecular weight excluding hydrogens is 292 g/mol. The molecule has 21 heavy (non-hydrogen) atoms. The maximum atomic E-state index is 10.9. The molecule has 0 amide bonds. The van der Waals surface area contributed by atoms with E-state index in [2.05, 4.69) is 15.1 Å². The zero-order valence-electron chi connectivity index (χ0n) is 11.8. The predicted molar refractivity (Wildman–Crippen MR) is 81.6 cm³/mol. The van der Waals surface area contributed by atoms with Crippen molar-refractivity contribution < 1.29 is 4.92 Å². The Morgan fingerprint density at radius 1 is 1.33 bits per heavy atom. The standard InChI is InChI=1S/C14H19ClN4O2/c15-13-2-1-11(7-14(13)19(20)21)8-17-9-12(10-17)18-5-3-16-4-6-18/h1-2,7,12,16H,3-6,8-10H2. The van der Waals surface area contributed by atoms with Crippen LogP contribution in [-0.4, -0.2) is 60.0 Å². The van der Waals surface area contributed by atoms with Gasteiger partial charge in [0, 0.05) is 57.9 Å². The second-order valence-electron chi connectivity index (χ2n) is 5.68. The van der Waals surface area contributed by atoms with E-state index in [4.69, 9.17) is 11.6 Å². The summed E-state index contributed by atoms with van der Waals surface area (Å²) in [5, 5.41) is 14.5. The van der Waals surface area contributed by atoms with Gasteiger partial charge in [0.15, 0.2) is 0 Å². The Labute approximate surface area is 128 Å². The molecule has 0 bridgehead atoms. The Morgan fingerprint density at radius 3 is 2.71 bits per heavy atom. The average molecular weight is 311 g/mol. The van der Waals surface area contributed by atoms with E-state index in [0.29, 0.717) is 6.04 Å².